The second-order valence-corrected chi connectivity index (χ2v) is 5.93. The van der Waals surface area contributed by atoms with Crippen molar-refractivity contribution in [2.45, 2.75) is 51.0 Å². The third kappa shape index (κ3) is 4.47. The minimum Gasteiger partial charge on any atom is -0.385 e. The van der Waals surface area contributed by atoms with Crippen molar-refractivity contribution in [1.29, 1.82) is 0 Å². The summed E-state index contributed by atoms with van der Waals surface area (Å²) in [5.41, 5.74) is 0. The van der Waals surface area contributed by atoms with Crippen molar-refractivity contribution in [2.75, 3.05) is 20.3 Å². The van der Waals surface area contributed by atoms with Crippen molar-refractivity contribution in [3.8, 4) is 0 Å². The van der Waals surface area contributed by atoms with Crippen LogP contribution in [0.5, 0.6) is 0 Å². The molecule has 2 rings (SSSR count). The number of hydrogen-bond acceptors (Lipinski definition) is 3. The van der Waals surface area contributed by atoms with E-state index in [4.69, 9.17) is 4.74 Å². The predicted molar refractivity (Wildman–Crippen MR) is 76.1 cm³/mol. The van der Waals surface area contributed by atoms with Crippen molar-refractivity contribution >= 4 is 11.8 Å². The van der Waals surface area contributed by atoms with Crippen molar-refractivity contribution in [2.24, 2.45) is 11.8 Å². The maximum atomic E-state index is 12.1. The van der Waals surface area contributed by atoms with Crippen LogP contribution < -0.4 is 10.6 Å². The minimum absolute atomic E-state index is 0.0184. The highest BCUT2D eigenvalue weighted by Crippen LogP contribution is 2.39. The van der Waals surface area contributed by atoms with E-state index in [-0.39, 0.29) is 23.7 Å². The molecule has 2 aliphatic carbocycles. The van der Waals surface area contributed by atoms with Gasteiger partial charge in [0.1, 0.15) is 0 Å². The van der Waals surface area contributed by atoms with Gasteiger partial charge in [0.2, 0.25) is 11.8 Å². The third-order valence-electron chi connectivity index (χ3n) is 4.24. The smallest absolute Gasteiger partial charge is 0.224 e. The van der Waals surface area contributed by atoms with Gasteiger partial charge >= 0.3 is 0 Å². The summed E-state index contributed by atoms with van der Waals surface area (Å²) in [6.45, 7) is 1.27. The average molecular weight is 282 g/mol. The van der Waals surface area contributed by atoms with Gasteiger partial charge in [0.15, 0.2) is 0 Å². The van der Waals surface area contributed by atoms with E-state index in [1.165, 1.54) is 19.3 Å². The summed E-state index contributed by atoms with van der Waals surface area (Å²) < 4.78 is 4.93. The first-order valence-electron chi connectivity index (χ1n) is 7.79. The first kappa shape index (κ1) is 15.3. The van der Waals surface area contributed by atoms with Crippen molar-refractivity contribution in [3.63, 3.8) is 0 Å². The fourth-order valence-electron chi connectivity index (χ4n) is 2.89. The zero-order chi connectivity index (χ0) is 14.4. The van der Waals surface area contributed by atoms with Gasteiger partial charge in [0.05, 0.1) is 11.8 Å². The number of carbonyl (C=O) groups is 2. The topological polar surface area (TPSA) is 67.4 Å². The summed E-state index contributed by atoms with van der Waals surface area (Å²) in [6, 6.07) is 0.335. The SMILES string of the molecule is COCCCNC(=O)C1CC1C(=O)NC1CCCCC1. The van der Waals surface area contributed by atoms with E-state index in [1.807, 2.05) is 0 Å². The molecule has 0 aromatic rings. The molecule has 5 nitrogen and oxygen atoms in total. The van der Waals surface area contributed by atoms with Gasteiger partial charge in [0.25, 0.3) is 0 Å². The fraction of sp³-hybridized carbons (Fsp3) is 0.867. The Bertz CT molecular complexity index is 340. The Morgan fingerprint density at radius 3 is 2.50 bits per heavy atom. The van der Waals surface area contributed by atoms with Gasteiger partial charge in [-0.1, -0.05) is 19.3 Å². The molecule has 0 aliphatic heterocycles. The lowest BCUT2D eigenvalue weighted by molar-refractivity contribution is -0.127. The molecule has 0 bridgehead atoms. The van der Waals surface area contributed by atoms with Gasteiger partial charge < -0.3 is 15.4 Å². The van der Waals surface area contributed by atoms with Crippen LogP contribution in [0.1, 0.15) is 44.9 Å². The van der Waals surface area contributed by atoms with E-state index < -0.39 is 0 Å². The van der Waals surface area contributed by atoms with Crippen LogP contribution in [0, 0.1) is 11.8 Å². The standard InChI is InChI=1S/C15H26N2O3/c1-20-9-5-8-16-14(18)12-10-13(12)15(19)17-11-6-3-2-4-7-11/h11-13H,2-10H2,1H3,(H,16,18)(H,17,19). The van der Waals surface area contributed by atoms with Crippen molar-refractivity contribution in [3.05, 3.63) is 0 Å². The highest BCUT2D eigenvalue weighted by molar-refractivity contribution is 5.92. The number of carbonyl (C=O) groups excluding carboxylic acids is 2. The molecule has 2 saturated carbocycles. The Hall–Kier alpha value is -1.10. The molecule has 0 spiro atoms. The number of ether oxygens (including phenoxy) is 1. The zero-order valence-electron chi connectivity index (χ0n) is 12.3. The molecule has 114 valence electrons. The van der Waals surface area contributed by atoms with Gasteiger partial charge in [-0.2, -0.15) is 0 Å². The molecule has 2 amide bonds. The van der Waals surface area contributed by atoms with E-state index >= 15 is 0 Å². The molecular weight excluding hydrogens is 256 g/mol. The Morgan fingerprint density at radius 2 is 1.80 bits per heavy atom. The lowest BCUT2D eigenvalue weighted by Gasteiger charge is -2.22. The Labute approximate surface area is 120 Å². The first-order valence-corrected chi connectivity index (χ1v) is 7.79. The van der Waals surface area contributed by atoms with Crippen LogP contribution in [0.25, 0.3) is 0 Å². The molecule has 0 aromatic carbocycles. The predicted octanol–water partition coefficient (Wildman–Crippen LogP) is 1.22. The molecule has 2 N–H and O–H groups in total. The van der Waals surface area contributed by atoms with Crippen LogP contribution in [-0.4, -0.2) is 38.1 Å². The molecule has 2 aliphatic rings. The van der Waals surface area contributed by atoms with E-state index in [2.05, 4.69) is 10.6 Å². The van der Waals surface area contributed by atoms with Crippen LogP contribution in [-0.2, 0) is 14.3 Å². The largest absolute Gasteiger partial charge is 0.385 e. The van der Waals surface area contributed by atoms with Crippen LogP contribution >= 0.6 is 0 Å². The van der Waals surface area contributed by atoms with Crippen LogP contribution in [0.4, 0.5) is 0 Å². The molecule has 2 atom stereocenters. The normalized spacial score (nSPS) is 26.1. The first-order chi connectivity index (χ1) is 9.72. The van der Waals surface area contributed by atoms with Gasteiger partial charge in [-0.25, -0.2) is 0 Å². The molecule has 2 unspecified atom stereocenters. The maximum Gasteiger partial charge on any atom is 0.224 e. The van der Waals surface area contributed by atoms with Crippen LogP contribution in [0.2, 0.25) is 0 Å². The highest BCUT2D eigenvalue weighted by atomic mass is 16.5. The van der Waals surface area contributed by atoms with Crippen molar-refractivity contribution < 1.29 is 14.3 Å². The minimum atomic E-state index is -0.110. The number of methoxy groups -OCH3 is 1. The summed E-state index contributed by atoms with van der Waals surface area (Å²) >= 11 is 0. The lowest BCUT2D eigenvalue weighted by Crippen LogP contribution is -2.38. The van der Waals surface area contributed by atoms with Gasteiger partial charge in [-0.15, -0.1) is 0 Å². The van der Waals surface area contributed by atoms with E-state index in [1.54, 1.807) is 7.11 Å². The molecular formula is C15H26N2O3. The Morgan fingerprint density at radius 1 is 1.10 bits per heavy atom. The summed E-state index contributed by atoms with van der Waals surface area (Å²) in [5.74, 6) is -0.112. The molecule has 0 saturated heterocycles. The monoisotopic (exact) mass is 282 g/mol. The van der Waals surface area contributed by atoms with E-state index in [0.717, 1.165) is 19.3 Å². The molecule has 2 fully saturated rings. The van der Waals surface area contributed by atoms with Crippen LogP contribution in [0.3, 0.4) is 0 Å². The fourth-order valence-corrected chi connectivity index (χ4v) is 2.89. The van der Waals surface area contributed by atoms with Gasteiger partial charge in [-0.3, -0.25) is 9.59 Å². The Kier molecular flexibility index (Phi) is 5.83. The molecule has 5 heteroatoms. The number of hydrogen-bond donors (Lipinski definition) is 2. The average Bonchev–Trinajstić information content (AvgIpc) is 3.25. The van der Waals surface area contributed by atoms with E-state index in [0.29, 0.717) is 25.6 Å². The quantitative estimate of drug-likeness (QED) is 0.690. The van der Waals surface area contributed by atoms with E-state index in [9.17, 15) is 9.59 Å². The van der Waals surface area contributed by atoms with Gasteiger partial charge in [-0.05, 0) is 25.7 Å². The van der Waals surface area contributed by atoms with Crippen LogP contribution in [0.15, 0.2) is 0 Å². The molecule has 20 heavy (non-hydrogen) atoms. The zero-order valence-corrected chi connectivity index (χ0v) is 12.3. The molecule has 0 aromatic heterocycles. The summed E-state index contributed by atoms with van der Waals surface area (Å²) in [7, 11) is 1.65. The number of nitrogens with one attached hydrogen (secondary N) is 2. The lowest BCUT2D eigenvalue weighted by atomic mass is 9.95. The second kappa shape index (κ2) is 7.62. The summed E-state index contributed by atoms with van der Waals surface area (Å²) in [5, 5.41) is 5.97. The Balaban J connectivity index is 1.62. The summed E-state index contributed by atoms with van der Waals surface area (Å²) in [6.07, 6.45) is 7.39. The molecule has 0 radical (unpaired) electrons. The van der Waals surface area contributed by atoms with Gasteiger partial charge in [0, 0.05) is 26.3 Å². The maximum absolute atomic E-state index is 12.1. The highest BCUT2D eigenvalue weighted by Gasteiger charge is 2.48. The van der Waals surface area contributed by atoms with Crippen molar-refractivity contribution in [1.82, 2.24) is 10.6 Å². The molecule has 0 heterocycles. The number of rotatable bonds is 7. The third-order valence-corrected chi connectivity index (χ3v) is 4.24. The summed E-state index contributed by atoms with van der Waals surface area (Å²) in [4.78, 5) is 23.9. The number of amides is 2. The second-order valence-electron chi connectivity index (χ2n) is 5.93.